The molecular formula is C15H25NO5. The Balaban J connectivity index is 2.61. The molecule has 0 unspecified atom stereocenters. The highest BCUT2D eigenvalue weighted by Crippen LogP contribution is 2.36. The van der Waals surface area contributed by atoms with Gasteiger partial charge in [0, 0.05) is 13.1 Å². The standard InChI is InChI=1S/C15H25NO5/c1-5-15(12(18)20-11-10-17)6-8-16(9-7-15)13(19)21-14(2,3)4/h10H,5-9,11H2,1-4H3. The van der Waals surface area contributed by atoms with Crippen LogP contribution in [0.5, 0.6) is 0 Å². The highest BCUT2D eigenvalue weighted by atomic mass is 16.6. The molecule has 6 heteroatoms. The lowest BCUT2D eigenvalue weighted by Crippen LogP contribution is -2.48. The fourth-order valence-electron chi connectivity index (χ4n) is 2.41. The second kappa shape index (κ2) is 6.91. The number of esters is 1. The molecule has 0 N–H and O–H groups in total. The summed E-state index contributed by atoms with van der Waals surface area (Å²) in [4.78, 5) is 36.0. The van der Waals surface area contributed by atoms with Crippen molar-refractivity contribution in [3.05, 3.63) is 0 Å². The van der Waals surface area contributed by atoms with Gasteiger partial charge in [0.15, 0.2) is 6.29 Å². The summed E-state index contributed by atoms with van der Waals surface area (Å²) in [5, 5.41) is 0. The Morgan fingerprint density at radius 3 is 2.24 bits per heavy atom. The topological polar surface area (TPSA) is 72.9 Å². The maximum Gasteiger partial charge on any atom is 0.410 e. The van der Waals surface area contributed by atoms with Crippen LogP contribution in [0.25, 0.3) is 0 Å². The average molecular weight is 299 g/mol. The highest BCUT2D eigenvalue weighted by molar-refractivity contribution is 5.78. The zero-order valence-electron chi connectivity index (χ0n) is 13.3. The van der Waals surface area contributed by atoms with E-state index in [1.165, 1.54) is 0 Å². The lowest BCUT2D eigenvalue weighted by Gasteiger charge is -2.39. The maximum absolute atomic E-state index is 12.1. The van der Waals surface area contributed by atoms with E-state index in [0.29, 0.717) is 38.6 Å². The van der Waals surface area contributed by atoms with Crippen molar-refractivity contribution in [3.63, 3.8) is 0 Å². The van der Waals surface area contributed by atoms with E-state index >= 15 is 0 Å². The van der Waals surface area contributed by atoms with Crippen molar-refractivity contribution < 1.29 is 23.9 Å². The summed E-state index contributed by atoms with van der Waals surface area (Å²) in [6.45, 7) is 8.09. The second-order valence-electron chi connectivity index (χ2n) is 6.37. The highest BCUT2D eigenvalue weighted by Gasteiger charge is 2.42. The van der Waals surface area contributed by atoms with Gasteiger partial charge in [-0.15, -0.1) is 0 Å². The fourth-order valence-corrected chi connectivity index (χ4v) is 2.41. The Morgan fingerprint density at radius 1 is 1.24 bits per heavy atom. The molecule has 0 aromatic carbocycles. The number of nitrogens with zero attached hydrogens (tertiary/aromatic N) is 1. The van der Waals surface area contributed by atoms with Crippen LogP contribution in [0.4, 0.5) is 4.79 Å². The number of ether oxygens (including phenoxy) is 2. The zero-order chi connectivity index (χ0) is 16.1. The van der Waals surface area contributed by atoms with Crippen LogP contribution in [0.2, 0.25) is 0 Å². The third-order valence-corrected chi connectivity index (χ3v) is 3.76. The van der Waals surface area contributed by atoms with Gasteiger partial charge in [0.1, 0.15) is 12.2 Å². The molecule has 0 saturated carbocycles. The Labute approximate surface area is 125 Å². The average Bonchev–Trinajstić information content (AvgIpc) is 2.42. The molecule has 21 heavy (non-hydrogen) atoms. The predicted octanol–water partition coefficient (Wildman–Crippen LogP) is 2.16. The molecule has 1 aliphatic rings. The van der Waals surface area contributed by atoms with Crippen molar-refractivity contribution in [2.24, 2.45) is 5.41 Å². The Hall–Kier alpha value is -1.59. The quantitative estimate of drug-likeness (QED) is 0.587. The number of carbonyl (C=O) groups is 3. The van der Waals surface area contributed by atoms with Crippen LogP contribution in [0.1, 0.15) is 47.0 Å². The van der Waals surface area contributed by atoms with Crippen molar-refractivity contribution in [1.82, 2.24) is 4.90 Å². The van der Waals surface area contributed by atoms with Gasteiger partial charge in [0.2, 0.25) is 0 Å². The third-order valence-electron chi connectivity index (χ3n) is 3.76. The number of carbonyl (C=O) groups excluding carboxylic acids is 3. The molecule has 1 fully saturated rings. The summed E-state index contributed by atoms with van der Waals surface area (Å²) in [5.74, 6) is -0.346. The molecule has 0 spiro atoms. The first-order valence-corrected chi connectivity index (χ1v) is 7.33. The summed E-state index contributed by atoms with van der Waals surface area (Å²) in [6, 6.07) is 0. The predicted molar refractivity (Wildman–Crippen MR) is 76.8 cm³/mol. The molecule has 0 aromatic rings. The lowest BCUT2D eigenvalue weighted by molar-refractivity contribution is -0.160. The number of amides is 1. The van der Waals surface area contributed by atoms with Crippen LogP contribution >= 0.6 is 0 Å². The van der Waals surface area contributed by atoms with Crippen molar-refractivity contribution in [2.75, 3.05) is 19.7 Å². The van der Waals surface area contributed by atoms with E-state index in [1.807, 2.05) is 27.7 Å². The van der Waals surface area contributed by atoms with Crippen LogP contribution in [-0.2, 0) is 19.1 Å². The molecule has 1 saturated heterocycles. The van der Waals surface area contributed by atoms with E-state index in [4.69, 9.17) is 9.47 Å². The maximum atomic E-state index is 12.1. The Morgan fingerprint density at radius 2 is 1.81 bits per heavy atom. The molecular weight excluding hydrogens is 274 g/mol. The first kappa shape index (κ1) is 17.5. The van der Waals surface area contributed by atoms with Gasteiger partial charge < -0.3 is 14.4 Å². The number of likely N-dealkylation sites (tertiary alicyclic amines) is 1. The van der Waals surface area contributed by atoms with E-state index in [0.717, 1.165) is 0 Å². The fraction of sp³-hybridized carbons (Fsp3) is 0.800. The molecule has 120 valence electrons. The van der Waals surface area contributed by atoms with Gasteiger partial charge in [-0.05, 0) is 40.0 Å². The first-order chi connectivity index (χ1) is 9.74. The second-order valence-corrected chi connectivity index (χ2v) is 6.37. The molecule has 1 aliphatic heterocycles. The minimum atomic E-state index is -0.596. The number of hydrogen-bond donors (Lipinski definition) is 0. The smallest absolute Gasteiger partial charge is 0.410 e. The summed E-state index contributed by atoms with van der Waals surface area (Å²) in [6.07, 6.45) is 1.90. The monoisotopic (exact) mass is 299 g/mol. The van der Waals surface area contributed by atoms with E-state index < -0.39 is 11.0 Å². The van der Waals surface area contributed by atoms with E-state index in [-0.39, 0.29) is 18.7 Å². The molecule has 6 nitrogen and oxygen atoms in total. The van der Waals surface area contributed by atoms with Crippen molar-refractivity contribution in [3.8, 4) is 0 Å². The number of rotatable bonds is 4. The van der Waals surface area contributed by atoms with Gasteiger partial charge in [-0.3, -0.25) is 9.59 Å². The van der Waals surface area contributed by atoms with Gasteiger partial charge in [-0.2, -0.15) is 0 Å². The summed E-state index contributed by atoms with van der Waals surface area (Å²) < 4.78 is 10.3. The number of piperidine rings is 1. The van der Waals surface area contributed by atoms with E-state index in [2.05, 4.69) is 0 Å². The molecule has 0 bridgehead atoms. The van der Waals surface area contributed by atoms with Crippen molar-refractivity contribution in [2.45, 2.75) is 52.6 Å². The normalized spacial score (nSPS) is 18.0. The zero-order valence-corrected chi connectivity index (χ0v) is 13.3. The van der Waals surface area contributed by atoms with Gasteiger partial charge in [-0.1, -0.05) is 6.92 Å². The van der Waals surface area contributed by atoms with Crippen LogP contribution in [0.15, 0.2) is 0 Å². The SMILES string of the molecule is CCC1(C(=O)OCC=O)CCN(C(=O)OC(C)(C)C)CC1. The molecule has 0 aromatic heterocycles. The van der Waals surface area contributed by atoms with Gasteiger partial charge in [0.25, 0.3) is 0 Å². The molecule has 0 atom stereocenters. The molecule has 1 heterocycles. The van der Waals surface area contributed by atoms with Crippen LogP contribution in [0, 0.1) is 5.41 Å². The first-order valence-electron chi connectivity index (χ1n) is 7.33. The molecule has 1 amide bonds. The largest absolute Gasteiger partial charge is 0.458 e. The third kappa shape index (κ3) is 4.72. The number of hydrogen-bond acceptors (Lipinski definition) is 5. The summed E-state index contributed by atoms with van der Waals surface area (Å²) >= 11 is 0. The summed E-state index contributed by atoms with van der Waals surface area (Å²) in [7, 11) is 0. The van der Waals surface area contributed by atoms with Crippen molar-refractivity contribution in [1.29, 1.82) is 0 Å². The molecule has 0 radical (unpaired) electrons. The van der Waals surface area contributed by atoms with E-state index in [1.54, 1.807) is 4.90 Å². The van der Waals surface area contributed by atoms with Crippen molar-refractivity contribution >= 4 is 18.3 Å². The Bertz CT molecular complexity index is 391. The van der Waals surface area contributed by atoms with Crippen LogP contribution in [0.3, 0.4) is 0 Å². The summed E-state index contributed by atoms with van der Waals surface area (Å²) in [5.41, 5.74) is -1.12. The van der Waals surface area contributed by atoms with E-state index in [9.17, 15) is 14.4 Å². The molecule has 1 rings (SSSR count). The minimum absolute atomic E-state index is 0.212. The van der Waals surface area contributed by atoms with Gasteiger partial charge >= 0.3 is 12.1 Å². The number of aldehydes is 1. The lowest BCUT2D eigenvalue weighted by atomic mass is 9.76. The minimum Gasteiger partial charge on any atom is -0.458 e. The van der Waals surface area contributed by atoms with Crippen LogP contribution < -0.4 is 0 Å². The van der Waals surface area contributed by atoms with Crippen LogP contribution in [-0.4, -0.2) is 48.5 Å². The van der Waals surface area contributed by atoms with Gasteiger partial charge in [0.05, 0.1) is 5.41 Å². The molecule has 0 aliphatic carbocycles. The Kier molecular flexibility index (Phi) is 5.75. The van der Waals surface area contributed by atoms with Gasteiger partial charge in [-0.25, -0.2) is 4.79 Å².